The molecule has 90 valence electrons. The number of aryl methyl sites for hydroxylation is 1. The first-order valence-corrected chi connectivity index (χ1v) is 4.95. The number of isothiocyanates is 1. The van der Waals surface area contributed by atoms with Gasteiger partial charge in [0, 0.05) is 6.07 Å². The number of nitrogens with zero attached hydrogens (tertiary/aromatic N) is 1. The van der Waals surface area contributed by atoms with Crippen LogP contribution in [0.25, 0.3) is 0 Å². The molecule has 2 rings (SSSR count). The summed E-state index contributed by atoms with van der Waals surface area (Å²) < 4.78 is 47.3. The lowest BCUT2D eigenvalue weighted by atomic mass is 10.1. The van der Waals surface area contributed by atoms with Gasteiger partial charge in [0.1, 0.15) is 0 Å². The Labute approximate surface area is 99.9 Å². The van der Waals surface area contributed by atoms with Gasteiger partial charge in [-0.2, -0.15) is 18.2 Å². The summed E-state index contributed by atoms with van der Waals surface area (Å²) in [7, 11) is 0. The summed E-state index contributed by atoms with van der Waals surface area (Å²) in [6.45, 7) is 1.62. The molecule has 1 unspecified atom stereocenters. The van der Waals surface area contributed by atoms with Crippen LogP contribution < -0.4 is 9.47 Å². The highest BCUT2D eigenvalue weighted by Gasteiger charge is 2.49. The number of hydrogen-bond donors (Lipinski definition) is 0. The SMILES string of the molecule is Cc1cc2c(cc1N=C=S)OC(F)C(F)(F)O2. The molecule has 7 heteroatoms. The van der Waals surface area contributed by atoms with Gasteiger partial charge >= 0.3 is 12.5 Å². The topological polar surface area (TPSA) is 30.8 Å². The second kappa shape index (κ2) is 4.01. The number of halogens is 3. The predicted molar refractivity (Wildman–Crippen MR) is 57.0 cm³/mol. The van der Waals surface area contributed by atoms with Crippen LogP contribution in [0, 0.1) is 6.92 Å². The maximum Gasteiger partial charge on any atom is 0.468 e. The Hall–Kier alpha value is -1.59. The molecule has 1 aromatic carbocycles. The molecule has 0 radical (unpaired) electrons. The second-order valence-corrected chi connectivity index (χ2v) is 3.57. The first-order valence-electron chi connectivity index (χ1n) is 4.54. The molecule has 0 aromatic heterocycles. The summed E-state index contributed by atoms with van der Waals surface area (Å²) in [4.78, 5) is 3.70. The minimum atomic E-state index is -3.99. The molecular formula is C10H6F3NO2S. The molecule has 1 aromatic rings. The van der Waals surface area contributed by atoms with Crippen molar-refractivity contribution in [2.45, 2.75) is 19.4 Å². The fraction of sp³-hybridized carbons (Fsp3) is 0.300. The lowest BCUT2D eigenvalue weighted by Crippen LogP contribution is -2.43. The molecule has 1 heterocycles. The summed E-state index contributed by atoms with van der Waals surface area (Å²) in [6.07, 6.45) is -6.84. The molecule has 0 amide bonds. The first-order chi connectivity index (χ1) is 7.94. The number of alkyl halides is 3. The molecule has 1 atom stereocenters. The standard InChI is InChI=1S/C10H6F3NO2S/c1-5-2-8-7(3-6(5)14-4-17)15-9(11)10(12,13)16-8/h2-3,9H,1H3. The van der Waals surface area contributed by atoms with E-state index >= 15 is 0 Å². The zero-order valence-corrected chi connectivity index (χ0v) is 9.35. The van der Waals surface area contributed by atoms with Crippen LogP contribution >= 0.6 is 12.2 Å². The molecule has 3 nitrogen and oxygen atoms in total. The minimum Gasteiger partial charge on any atom is -0.447 e. The summed E-state index contributed by atoms with van der Waals surface area (Å²) in [5.41, 5.74) is 0.901. The van der Waals surface area contributed by atoms with Crippen molar-refractivity contribution < 1.29 is 22.6 Å². The number of benzene rings is 1. The van der Waals surface area contributed by atoms with E-state index in [-0.39, 0.29) is 11.5 Å². The predicted octanol–water partition coefficient (Wildman–Crippen LogP) is 3.39. The van der Waals surface area contributed by atoms with E-state index in [1.54, 1.807) is 6.92 Å². The van der Waals surface area contributed by atoms with Crippen LogP contribution in [0.2, 0.25) is 0 Å². The van der Waals surface area contributed by atoms with E-state index in [1.165, 1.54) is 12.1 Å². The van der Waals surface area contributed by atoms with Crippen molar-refractivity contribution in [3.63, 3.8) is 0 Å². The quantitative estimate of drug-likeness (QED) is 0.573. The molecule has 0 spiro atoms. The molecule has 17 heavy (non-hydrogen) atoms. The Morgan fingerprint density at radius 2 is 2.12 bits per heavy atom. The zero-order chi connectivity index (χ0) is 12.6. The highest BCUT2D eigenvalue weighted by molar-refractivity contribution is 7.78. The molecule has 0 aliphatic carbocycles. The first kappa shape index (κ1) is 11.9. The summed E-state index contributed by atoms with van der Waals surface area (Å²) >= 11 is 4.43. The average Bonchev–Trinajstić information content (AvgIpc) is 2.22. The van der Waals surface area contributed by atoms with E-state index in [2.05, 4.69) is 31.8 Å². The van der Waals surface area contributed by atoms with Crippen molar-refractivity contribution in [2.24, 2.45) is 4.99 Å². The van der Waals surface area contributed by atoms with Gasteiger partial charge in [0.05, 0.1) is 10.8 Å². The third kappa shape index (κ3) is 2.11. The third-order valence-corrected chi connectivity index (χ3v) is 2.26. The van der Waals surface area contributed by atoms with Gasteiger partial charge in [-0.05, 0) is 30.8 Å². The Kier molecular flexibility index (Phi) is 2.81. The number of thiocarbonyl (C=S) groups is 1. The van der Waals surface area contributed by atoms with Gasteiger partial charge in [0.25, 0.3) is 0 Å². The van der Waals surface area contributed by atoms with Crippen LogP contribution in [0.4, 0.5) is 18.9 Å². The van der Waals surface area contributed by atoms with Gasteiger partial charge in [-0.3, -0.25) is 0 Å². The van der Waals surface area contributed by atoms with E-state index in [0.29, 0.717) is 11.3 Å². The van der Waals surface area contributed by atoms with Crippen molar-refractivity contribution in [1.29, 1.82) is 0 Å². The van der Waals surface area contributed by atoms with Gasteiger partial charge in [0.15, 0.2) is 11.5 Å². The highest BCUT2D eigenvalue weighted by atomic mass is 32.1. The second-order valence-electron chi connectivity index (χ2n) is 3.39. The van der Waals surface area contributed by atoms with Crippen molar-refractivity contribution in [1.82, 2.24) is 0 Å². The molecule has 0 bridgehead atoms. The summed E-state index contributed by atoms with van der Waals surface area (Å²) in [5.74, 6) is -0.372. The summed E-state index contributed by atoms with van der Waals surface area (Å²) in [6, 6.07) is 2.55. The van der Waals surface area contributed by atoms with E-state index in [1.807, 2.05) is 0 Å². The number of fused-ring (bicyclic) bond motifs is 1. The van der Waals surface area contributed by atoms with Crippen molar-refractivity contribution in [3.8, 4) is 11.5 Å². The van der Waals surface area contributed by atoms with Crippen molar-refractivity contribution in [3.05, 3.63) is 17.7 Å². The maximum atomic E-state index is 12.9. The fourth-order valence-corrected chi connectivity index (χ4v) is 1.46. The molecule has 0 saturated heterocycles. The van der Waals surface area contributed by atoms with Crippen LogP contribution in [-0.2, 0) is 0 Å². The van der Waals surface area contributed by atoms with Crippen LogP contribution in [0.3, 0.4) is 0 Å². The van der Waals surface area contributed by atoms with E-state index in [9.17, 15) is 13.2 Å². The Morgan fingerprint density at radius 3 is 2.76 bits per heavy atom. The van der Waals surface area contributed by atoms with Gasteiger partial charge in [-0.25, -0.2) is 0 Å². The maximum absolute atomic E-state index is 12.9. The van der Waals surface area contributed by atoms with Crippen molar-refractivity contribution in [2.75, 3.05) is 0 Å². The van der Waals surface area contributed by atoms with Gasteiger partial charge < -0.3 is 9.47 Å². The van der Waals surface area contributed by atoms with Crippen molar-refractivity contribution >= 4 is 23.1 Å². The van der Waals surface area contributed by atoms with Gasteiger partial charge in [-0.15, -0.1) is 0 Å². The fourth-order valence-electron chi connectivity index (χ4n) is 1.37. The molecule has 1 aliphatic heterocycles. The van der Waals surface area contributed by atoms with E-state index in [4.69, 9.17) is 0 Å². The molecule has 0 fully saturated rings. The molecule has 0 saturated carbocycles. The average molecular weight is 261 g/mol. The highest BCUT2D eigenvalue weighted by Crippen LogP contribution is 2.43. The van der Waals surface area contributed by atoms with E-state index in [0.717, 1.165) is 0 Å². The summed E-state index contributed by atoms with van der Waals surface area (Å²) in [5, 5.41) is 2.13. The minimum absolute atomic E-state index is 0.141. The normalized spacial score (nSPS) is 20.6. The van der Waals surface area contributed by atoms with Gasteiger partial charge in [0.2, 0.25) is 0 Å². The lowest BCUT2D eigenvalue weighted by molar-refractivity contribution is -0.281. The van der Waals surface area contributed by atoms with Crippen LogP contribution in [0.5, 0.6) is 11.5 Å². The Bertz CT molecular complexity index is 515. The largest absolute Gasteiger partial charge is 0.468 e. The molecule has 1 aliphatic rings. The third-order valence-electron chi connectivity index (χ3n) is 2.17. The Balaban J connectivity index is 2.49. The molecule has 0 N–H and O–H groups in total. The Morgan fingerprint density at radius 1 is 1.41 bits per heavy atom. The van der Waals surface area contributed by atoms with Gasteiger partial charge in [-0.1, -0.05) is 0 Å². The monoisotopic (exact) mass is 261 g/mol. The number of aliphatic imine (C=N–C) groups is 1. The smallest absolute Gasteiger partial charge is 0.447 e. The number of ether oxygens (including phenoxy) is 2. The number of hydrogen-bond acceptors (Lipinski definition) is 4. The van der Waals surface area contributed by atoms with Crippen LogP contribution in [0.15, 0.2) is 17.1 Å². The molecular weight excluding hydrogens is 255 g/mol. The number of rotatable bonds is 1. The van der Waals surface area contributed by atoms with E-state index < -0.39 is 12.5 Å². The van der Waals surface area contributed by atoms with Crippen LogP contribution in [0.1, 0.15) is 5.56 Å². The zero-order valence-electron chi connectivity index (χ0n) is 8.54. The van der Waals surface area contributed by atoms with Crippen LogP contribution in [-0.4, -0.2) is 17.6 Å². The lowest BCUT2D eigenvalue weighted by Gasteiger charge is -2.28.